The van der Waals surface area contributed by atoms with Crippen LogP contribution in [0.2, 0.25) is 5.02 Å². The van der Waals surface area contributed by atoms with Gasteiger partial charge in [0.2, 0.25) is 0 Å². The minimum Gasteiger partial charge on any atom is -0.305 e. The van der Waals surface area contributed by atoms with Crippen molar-refractivity contribution in [2.45, 2.75) is 36.1 Å². The normalized spacial score (nSPS) is 19.0. The summed E-state index contributed by atoms with van der Waals surface area (Å²) in [5.74, 6) is 1.12. The molecule has 0 spiro atoms. The molecule has 0 bridgehead atoms. The van der Waals surface area contributed by atoms with E-state index in [9.17, 15) is 4.79 Å². The van der Waals surface area contributed by atoms with Gasteiger partial charge in [0, 0.05) is 24.1 Å². The Morgan fingerprint density at radius 3 is 2.71 bits per heavy atom. The standard InChI is InChI=1S/C15H16ClN3OS/c1-19-14(10-6-8-11(16)9-7-10)17-18-15(19)21-13-5-3-2-4-12(13)20/h6-9,13H,2-5H2,1H3. The molecule has 3 rings (SSSR count). The molecule has 2 aromatic rings. The SMILES string of the molecule is Cn1c(SC2CCCCC2=O)nnc1-c1ccc(Cl)cc1. The molecule has 0 aliphatic heterocycles. The Kier molecular flexibility index (Phi) is 4.31. The number of carbonyl (C=O) groups excluding carboxylic acids is 1. The molecule has 0 radical (unpaired) electrons. The van der Waals surface area contributed by atoms with E-state index in [-0.39, 0.29) is 5.25 Å². The van der Waals surface area contributed by atoms with Gasteiger partial charge in [0.15, 0.2) is 11.0 Å². The van der Waals surface area contributed by atoms with Crippen LogP contribution >= 0.6 is 23.4 Å². The average Bonchev–Trinajstić information content (AvgIpc) is 2.84. The van der Waals surface area contributed by atoms with E-state index in [1.807, 2.05) is 35.9 Å². The number of nitrogens with zero attached hydrogens (tertiary/aromatic N) is 3. The Balaban J connectivity index is 1.82. The van der Waals surface area contributed by atoms with Crippen LogP contribution < -0.4 is 0 Å². The Morgan fingerprint density at radius 2 is 2.00 bits per heavy atom. The highest BCUT2D eigenvalue weighted by Crippen LogP contribution is 2.32. The lowest BCUT2D eigenvalue weighted by Gasteiger charge is -2.19. The zero-order chi connectivity index (χ0) is 14.8. The largest absolute Gasteiger partial charge is 0.305 e. The molecule has 0 amide bonds. The topological polar surface area (TPSA) is 47.8 Å². The van der Waals surface area contributed by atoms with E-state index in [1.165, 1.54) is 11.8 Å². The summed E-state index contributed by atoms with van der Waals surface area (Å²) in [6, 6.07) is 7.52. The number of aromatic nitrogens is 3. The molecule has 1 heterocycles. The average molecular weight is 322 g/mol. The van der Waals surface area contributed by atoms with Crippen molar-refractivity contribution in [1.82, 2.24) is 14.8 Å². The summed E-state index contributed by atoms with van der Waals surface area (Å²) >= 11 is 7.44. The molecule has 1 aliphatic rings. The molecule has 1 fully saturated rings. The first-order chi connectivity index (χ1) is 10.1. The minimum atomic E-state index is 0.0275. The van der Waals surface area contributed by atoms with Gasteiger partial charge in [-0.3, -0.25) is 4.79 Å². The maximum atomic E-state index is 11.9. The zero-order valence-electron chi connectivity index (χ0n) is 11.8. The fraction of sp³-hybridized carbons (Fsp3) is 0.400. The van der Waals surface area contributed by atoms with Gasteiger partial charge in [-0.05, 0) is 37.1 Å². The molecular weight excluding hydrogens is 306 g/mol. The second kappa shape index (κ2) is 6.20. The number of hydrogen-bond acceptors (Lipinski definition) is 4. The molecular formula is C15H16ClN3OS. The van der Waals surface area contributed by atoms with Crippen LogP contribution in [0.15, 0.2) is 29.4 Å². The number of halogens is 1. The van der Waals surface area contributed by atoms with Crippen LogP contribution in [0.25, 0.3) is 11.4 Å². The maximum absolute atomic E-state index is 11.9. The predicted molar refractivity (Wildman–Crippen MR) is 84.6 cm³/mol. The summed E-state index contributed by atoms with van der Waals surface area (Å²) in [5, 5.41) is 9.99. The third kappa shape index (κ3) is 3.14. The first kappa shape index (κ1) is 14.6. The smallest absolute Gasteiger partial charge is 0.191 e. The number of ketones is 1. The van der Waals surface area contributed by atoms with Gasteiger partial charge in [0.1, 0.15) is 5.78 Å². The van der Waals surface area contributed by atoms with Gasteiger partial charge >= 0.3 is 0 Å². The molecule has 110 valence electrons. The number of Topliss-reactive ketones (excluding diaryl/α,β-unsaturated/α-hetero) is 1. The fourth-order valence-electron chi connectivity index (χ4n) is 2.47. The molecule has 0 saturated heterocycles. The molecule has 4 nitrogen and oxygen atoms in total. The fourth-order valence-corrected chi connectivity index (χ4v) is 3.72. The third-order valence-corrected chi connectivity index (χ3v) is 5.29. The molecule has 1 aromatic heterocycles. The molecule has 1 unspecified atom stereocenters. The van der Waals surface area contributed by atoms with Crippen LogP contribution in [0.1, 0.15) is 25.7 Å². The van der Waals surface area contributed by atoms with Crippen LogP contribution in [-0.2, 0) is 11.8 Å². The van der Waals surface area contributed by atoms with Crippen molar-refractivity contribution < 1.29 is 4.79 Å². The van der Waals surface area contributed by atoms with Crippen LogP contribution in [0, 0.1) is 0 Å². The van der Waals surface area contributed by atoms with Crippen molar-refractivity contribution in [3.63, 3.8) is 0 Å². The second-order valence-corrected chi connectivity index (χ2v) is 6.80. The summed E-state index contributed by atoms with van der Waals surface area (Å²) in [6.45, 7) is 0. The van der Waals surface area contributed by atoms with Crippen LogP contribution in [0.3, 0.4) is 0 Å². The Bertz CT molecular complexity index is 653. The van der Waals surface area contributed by atoms with E-state index in [1.54, 1.807) is 0 Å². The van der Waals surface area contributed by atoms with Gasteiger partial charge in [0.05, 0.1) is 5.25 Å². The summed E-state index contributed by atoms with van der Waals surface area (Å²) in [4.78, 5) is 11.9. The Labute approximate surface area is 132 Å². The molecule has 21 heavy (non-hydrogen) atoms. The van der Waals surface area contributed by atoms with Crippen LogP contribution in [0.5, 0.6) is 0 Å². The highest BCUT2D eigenvalue weighted by Gasteiger charge is 2.25. The number of hydrogen-bond donors (Lipinski definition) is 0. The van der Waals surface area contributed by atoms with E-state index in [4.69, 9.17) is 11.6 Å². The lowest BCUT2D eigenvalue weighted by atomic mass is 9.99. The highest BCUT2D eigenvalue weighted by molar-refractivity contribution is 8.00. The molecule has 1 aromatic carbocycles. The van der Waals surface area contributed by atoms with Crippen molar-refractivity contribution in [1.29, 1.82) is 0 Å². The van der Waals surface area contributed by atoms with Gasteiger partial charge in [-0.1, -0.05) is 29.8 Å². The van der Waals surface area contributed by atoms with E-state index >= 15 is 0 Å². The number of carbonyl (C=O) groups is 1. The van der Waals surface area contributed by atoms with Gasteiger partial charge in [-0.2, -0.15) is 0 Å². The van der Waals surface area contributed by atoms with E-state index in [0.29, 0.717) is 17.2 Å². The van der Waals surface area contributed by atoms with E-state index in [0.717, 1.165) is 35.8 Å². The number of benzene rings is 1. The van der Waals surface area contributed by atoms with Crippen LogP contribution in [-0.4, -0.2) is 25.8 Å². The van der Waals surface area contributed by atoms with Gasteiger partial charge < -0.3 is 4.57 Å². The monoisotopic (exact) mass is 321 g/mol. The summed E-state index contributed by atoms with van der Waals surface area (Å²) in [7, 11) is 1.93. The van der Waals surface area contributed by atoms with Crippen molar-refractivity contribution in [2.24, 2.45) is 7.05 Å². The lowest BCUT2D eigenvalue weighted by Crippen LogP contribution is -2.21. The molecule has 1 atom stereocenters. The van der Waals surface area contributed by atoms with Crippen LogP contribution in [0.4, 0.5) is 0 Å². The van der Waals surface area contributed by atoms with Crippen molar-refractivity contribution in [3.8, 4) is 11.4 Å². The molecule has 6 heteroatoms. The number of rotatable bonds is 3. The second-order valence-electron chi connectivity index (χ2n) is 5.19. The summed E-state index contributed by atoms with van der Waals surface area (Å²) in [6.07, 6.45) is 3.77. The first-order valence-corrected chi connectivity index (χ1v) is 8.25. The zero-order valence-corrected chi connectivity index (χ0v) is 13.3. The summed E-state index contributed by atoms with van der Waals surface area (Å²) < 4.78 is 1.94. The van der Waals surface area contributed by atoms with Crippen molar-refractivity contribution in [3.05, 3.63) is 29.3 Å². The van der Waals surface area contributed by atoms with Gasteiger partial charge in [0.25, 0.3) is 0 Å². The molecule has 0 N–H and O–H groups in total. The summed E-state index contributed by atoms with van der Waals surface area (Å²) in [5.41, 5.74) is 0.969. The maximum Gasteiger partial charge on any atom is 0.191 e. The molecule has 1 aliphatic carbocycles. The van der Waals surface area contributed by atoms with E-state index < -0.39 is 0 Å². The van der Waals surface area contributed by atoms with Gasteiger partial charge in [-0.25, -0.2) is 0 Å². The Morgan fingerprint density at radius 1 is 1.24 bits per heavy atom. The number of thioether (sulfide) groups is 1. The minimum absolute atomic E-state index is 0.0275. The Hall–Kier alpha value is -1.33. The third-order valence-electron chi connectivity index (χ3n) is 3.68. The van der Waals surface area contributed by atoms with Gasteiger partial charge in [-0.15, -0.1) is 10.2 Å². The highest BCUT2D eigenvalue weighted by atomic mass is 35.5. The lowest BCUT2D eigenvalue weighted by molar-refractivity contribution is -0.119. The van der Waals surface area contributed by atoms with Crippen molar-refractivity contribution >= 4 is 29.1 Å². The molecule has 1 saturated carbocycles. The first-order valence-electron chi connectivity index (χ1n) is 7.00. The van der Waals surface area contributed by atoms with Crippen molar-refractivity contribution in [2.75, 3.05) is 0 Å². The quantitative estimate of drug-likeness (QED) is 0.864. The van der Waals surface area contributed by atoms with E-state index in [2.05, 4.69) is 10.2 Å². The predicted octanol–water partition coefficient (Wildman–Crippen LogP) is 3.74.